The summed E-state index contributed by atoms with van der Waals surface area (Å²) in [7, 11) is 0. The van der Waals surface area contributed by atoms with Gasteiger partial charge in [0, 0.05) is 17.5 Å². The standard InChI is InChI=1S/C16H15FN2O3S/c17-11-6-4-10(5-7-11)14-18-12(9-23-14)15(20)19-8-2-1-3-13(19)16(21)22/h4-7,9,13H,1-3,8H2,(H,21,22). The molecular formula is C16H15FN2O3S. The number of aliphatic carboxylic acids is 1. The number of halogens is 1. The van der Waals surface area contributed by atoms with Crippen LogP contribution in [0, 0.1) is 5.82 Å². The molecule has 1 fully saturated rings. The first kappa shape index (κ1) is 15.6. The van der Waals surface area contributed by atoms with Gasteiger partial charge < -0.3 is 10.0 Å². The summed E-state index contributed by atoms with van der Waals surface area (Å²) in [5.74, 6) is -1.67. The molecule has 2 heterocycles. The average Bonchev–Trinajstić information content (AvgIpc) is 3.04. The largest absolute Gasteiger partial charge is 0.480 e. The molecule has 0 radical (unpaired) electrons. The van der Waals surface area contributed by atoms with Gasteiger partial charge in [0.25, 0.3) is 5.91 Å². The molecule has 1 aromatic carbocycles. The van der Waals surface area contributed by atoms with Crippen molar-refractivity contribution in [1.82, 2.24) is 9.88 Å². The van der Waals surface area contributed by atoms with Gasteiger partial charge in [-0.15, -0.1) is 11.3 Å². The number of carboxylic acid groups (broad SMARTS) is 1. The Labute approximate surface area is 136 Å². The molecule has 1 aromatic heterocycles. The van der Waals surface area contributed by atoms with Crippen LogP contribution in [0.3, 0.4) is 0 Å². The van der Waals surface area contributed by atoms with Crippen LogP contribution in [0.15, 0.2) is 29.6 Å². The van der Waals surface area contributed by atoms with Crippen molar-refractivity contribution in [2.24, 2.45) is 0 Å². The first-order valence-electron chi connectivity index (χ1n) is 7.31. The molecule has 2 aromatic rings. The summed E-state index contributed by atoms with van der Waals surface area (Å²) in [5.41, 5.74) is 0.964. The molecule has 0 aliphatic carbocycles. The van der Waals surface area contributed by atoms with Gasteiger partial charge in [-0.1, -0.05) is 0 Å². The highest BCUT2D eigenvalue weighted by Crippen LogP contribution is 2.26. The number of carbonyl (C=O) groups is 2. The van der Waals surface area contributed by atoms with E-state index in [4.69, 9.17) is 0 Å². The summed E-state index contributed by atoms with van der Waals surface area (Å²) in [6.07, 6.45) is 2.07. The van der Waals surface area contributed by atoms with Crippen LogP contribution >= 0.6 is 11.3 Å². The van der Waals surface area contributed by atoms with Crippen molar-refractivity contribution in [3.05, 3.63) is 41.2 Å². The molecule has 7 heteroatoms. The lowest BCUT2D eigenvalue weighted by atomic mass is 10.0. The van der Waals surface area contributed by atoms with Crippen LogP contribution in [0.25, 0.3) is 10.6 Å². The van der Waals surface area contributed by atoms with E-state index in [1.165, 1.54) is 28.4 Å². The number of benzene rings is 1. The number of hydrogen-bond donors (Lipinski definition) is 1. The maximum absolute atomic E-state index is 13.0. The van der Waals surface area contributed by atoms with E-state index in [1.54, 1.807) is 17.5 Å². The zero-order chi connectivity index (χ0) is 16.4. The van der Waals surface area contributed by atoms with E-state index in [9.17, 15) is 19.1 Å². The molecular weight excluding hydrogens is 319 g/mol. The van der Waals surface area contributed by atoms with Crippen molar-refractivity contribution in [2.45, 2.75) is 25.3 Å². The van der Waals surface area contributed by atoms with Gasteiger partial charge in [-0.3, -0.25) is 4.79 Å². The number of likely N-dealkylation sites (tertiary alicyclic amines) is 1. The maximum Gasteiger partial charge on any atom is 0.326 e. The molecule has 1 unspecified atom stereocenters. The Bertz CT molecular complexity index is 729. The SMILES string of the molecule is O=C(O)C1CCCCN1C(=O)c1csc(-c2ccc(F)cc2)n1. The highest BCUT2D eigenvalue weighted by atomic mass is 32.1. The third-order valence-corrected chi connectivity index (χ3v) is 4.75. The summed E-state index contributed by atoms with van der Waals surface area (Å²) >= 11 is 1.28. The van der Waals surface area contributed by atoms with Crippen LogP contribution in [0.4, 0.5) is 4.39 Å². The van der Waals surface area contributed by atoms with E-state index < -0.39 is 12.0 Å². The monoisotopic (exact) mass is 334 g/mol. The van der Waals surface area contributed by atoms with Crippen molar-refractivity contribution in [3.63, 3.8) is 0 Å². The number of carboxylic acids is 1. The summed E-state index contributed by atoms with van der Waals surface area (Å²) in [5, 5.41) is 11.5. The van der Waals surface area contributed by atoms with E-state index >= 15 is 0 Å². The quantitative estimate of drug-likeness (QED) is 0.936. The zero-order valence-corrected chi connectivity index (χ0v) is 13.1. The second kappa shape index (κ2) is 6.45. The summed E-state index contributed by atoms with van der Waals surface area (Å²) in [6.45, 7) is 0.430. The second-order valence-corrected chi connectivity index (χ2v) is 6.25. The van der Waals surface area contributed by atoms with Crippen LogP contribution in [0.2, 0.25) is 0 Å². The lowest BCUT2D eigenvalue weighted by molar-refractivity contribution is -0.143. The van der Waals surface area contributed by atoms with E-state index in [2.05, 4.69) is 4.98 Å². The van der Waals surface area contributed by atoms with E-state index in [1.807, 2.05) is 0 Å². The van der Waals surface area contributed by atoms with Crippen LogP contribution < -0.4 is 0 Å². The van der Waals surface area contributed by atoms with Gasteiger partial charge in [0.2, 0.25) is 0 Å². The number of amides is 1. The van der Waals surface area contributed by atoms with Crippen LogP contribution in [0.5, 0.6) is 0 Å². The van der Waals surface area contributed by atoms with Gasteiger partial charge in [-0.2, -0.15) is 0 Å². The number of piperidine rings is 1. The van der Waals surface area contributed by atoms with Crippen LogP contribution in [0.1, 0.15) is 29.8 Å². The molecule has 1 aliphatic rings. The minimum absolute atomic E-state index is 0.238. The Morgan fingerprint density at radius 2 is 2.00 bits per heavy atom. The van der Waals surface area contributed by atoms with Gasteiger partial charge in [-0.05, 0) is 43.5 Å². The van der Waals surface area contributed by atoms with Gasteiger partial charge in [-0.25, -0.2) is 14.2 Å². The molecule has 23 heavy (non-hydrogen) atoms. The zero-order valence-electron chi connectivity index (χ0n) is 12.2. The normalized spacial score (nSPS) is 18.0. The number of aromatic nitrogens is 1. The highest BCUT2D eigenvalue weighted by molar-refractivity contribution is 7.13. The van der Waals surface area contributed by atoms with Crippen LogP contribution in [-0.2, 0) is 4.79 Å². The lowest BCUT2D eigenvalue weighted by Gasteiger charge is -2.32. The fraction of sp³-hybridized carbons (Fsp3) is 0.312. The third kappa shape index (κ3) is 3.24. The number of thiazole rings is 1. The molecule has 1 saturated heterocycles. The van der Waals surface area contributed by atoms with Crippen molar-refractivity contribution in [1.29, 1.82) is 0 Å². The molecule has 1 N–H and O–H groups in total. The van der Waals surface area contributed by atoms with Gasteiger partial charge in [0.1, 0.15) is 22.6 Å². The molecule has 5 nitrogen and oxygen atoms in total. The molecule has 1 atom stereocenters. The van der Waals surface area contributed by atoms with Crippen molar-refractivity contribution in [2.75, 3.05) is 6.54 Å². The Balaban J connectivity index is 1.83. The van der Waals surface area contributed by atoms with E-state index in [-0.39, 0.29) is 17.4 Å². The first-order chi connectivity index (χ1) is 11.1. The fourth-order valence-corrected chi connectivity index (χ4v) is 3.48. The second-order valence-electron chi connectivity index (χ2n) is 5.39. The van der Waals surface area contributed by atoms with Crippen LogP contribution in [-0.4, -0.2) is 39.5 Å². The molecule has 1 amide bonds. The summed E-state index contributed by atoms with van der Waals surface area (Å²) in [4.78, 5) is 29.5. The minimum atomic E-state index is -0.980. The molecule has 120 valence electrons. The van der Waals surface area contributed by atoms with Gasteiger partial charge >= 0.3 is 5.97 Å². The fourth-order valence-electron chi connectivity index (χ4n) is 2.68. The Morgan fingerprint density at radius 3 is 2.70 bits per heavy atom. The molecule has 0 bridgehead atoms. The topological polar surface area (TPSA) is 70.5 Å². The average molecular weight is 334 g/mol. The Morgan fingerprint density at radius 1 is 1.26 bits per heavy atom. The van der Waals surface area contributed by atoms with Crippen molar-refractivity contribution < 1.29 is 19.1 Å². The predicted molar refractivity (Wildman–Crippen MR) is 83.8 cm³/mol. The summed E-state index contributed by atoms with van der Waals surface area (Å²) < 4.78 is 13.0. The van der Waals surface area contributed by atoms with Crippen molar-refractivity contribution >= 4 is 23.2 Å². The highest BCUT2D eigenvalue weighted by Gasteiger charge is 2.33. The van der Waals surface area contributed by atoms with Gasteiger partial charge in [0.05, 0.1) is 0 Å². The van der Waals surface area contributed by atoms with E-state index in [0.717, 1.165) is 18.4 Å². The molecule has 1 aliphatic heterocycles. The smallest absolute Gasteiger partial charge is 0.326 e. The molecule has 3 rings (SSSR count). The number of carbonyl (C=O) groups excluding carboxylic acids is 1. The van der Waals surface area contributed by atoms with E-state index in [0.29, 0.717) is 18.0 Å². The third-order valence-electron chi connectivity index (χ3n) is 3.86. The first-order valence-corrected chi connectivity index (χ1v) is 8.19. The molecule has 0 saturated carbocycles. The number of nitrogens with zero attached hydrogens (tertiary/aromatic N) is 2. The number of rotatable bonds is 3. The predicted octanol–water partition coefficient (Wildman–Crippen LogP) is 3.03. The minimum Gasteiger partial charge on any atom is -0.480 e. The summed E-state index contributed by atoms with van der Waals surface area (Å²) in [6, 6.07) is 5.09. The lowest BCUT2D eigenvalue weighted by Crippen LogP contribution is -2.48. The Kier molecular flexibility index (Phi) is 4.38. The maximum atomic E-state index is 13.0. The Hall–Kier alpha value is -2.28. The van der Waals surface area contributed by atoms with Crippen molar-refractivity contribution in [3.8, 4) is 10.6 Å². The number of hydrogen-bond acceptors (Lipinski definition) is 4. The van der Waals surface area contributed by atoms with Gasteiger partial charge in [0.15, 0.2) is 0 Å². The molecule has 0 spiro atoms.